The Kier molecular flexibility index (Phi) is 5.72. The van der Waals surface area contributed by atoms with Gasteiger partial charge in [0.2, 0.25) is 0 Å². The predicted octanol–water partition coefficient (Wildman–Crippen LogP) is -0.556. The first-order chi connectivity index (χ1) is 5.66. The summed E-state index contributed by atoms with van der Waals surface area (Å²) < 4.78 is 9.09. The summed E-state index contributed by atoms with van der Waals surface area (Å²) in [5, 5.41) is 10.2. The highest BCUT2D eigenvalue weighted by atomic mass is 16.6. The molecule has 0 heterocycles. The number of carbonyl (C=O) groups is 2. The molecule has 0 aromatic carbocycles. The van der Waals surface area contributed by atoms with E-state index in [1.54, 1.807) is 0 Å². The first-order valence-corrected chi connectivity index (χ1v) is 3.28. The molecule has 1 amide bonds. The van der Waals surface area contributed by atoms with E-state index in [1.165, 1.54) is 7.11 Å². The molecule has 6 heteroatoms. The second kappa shape index (κ2) is 6.41. The molecule has 0 saturated heterocycles. The summed E-state index contributed by atoms with van der Waals surface area (Å²) in [4.78, 5) is 20.5. The minimum Gasteiger partial charge on any atom is -0.480 e. The van der Waals surface area contributed by atoms with Crippen molar-refractivity contribution in [3.63, 3.8) is 0 Å². The lowest BCUT2D eigenvalue weighted by Crippen LogP contribution is -2.30. The Balaban J connectivity index is 3.28. The van der Waals surface area contributed by atoms with Gasteiger partial charge in [-0.1, -0.05) is 0 Å². The van der Waals surface area contributed by atoms with E-state index in [1.807, 2.05) is 5.32 Å². The molecule has 2 N–H and O–H groups in total. The van der Waals surface area contributed by atoms with Crippen LogP contribution in [-0.4, -0.2) is 44.0 Å². The largest absolute Gasteiger partial charge is 0.480 e. The predicted molar refractivity (Wildman–Crippen MR) is 38.9 cm³/mol. The summed E-state index contributed by atoms with van der Waals surface area (Å²) in [5.41, 5.74) is 0. The number of amides is 1. The Bertz CT molecular complexity index is 158. The Morgan fingerprint density at radius 1 is 1.42 bits per heavy atom. The number of ether oxygens (including phenoxy) is 2. The van der Waals surface area contributed by atoms with Gasteiger partial charge in [0.05, 0.1) is 6.61 Å². The fraction of sp³-hybridized carbons (Fsp3) is 0.667. The van der Waals surface area contributed by atoms with Gasteiger partial charge < -0.3 is 19.9 Å². The van der Waals surface area contributed by atoms with Gasteiger partial charge in [-0.2, -0.15) is 0 Å². The molecule has 0 aliphatic carbocycles. The number of carbonyl (C=O) groups excluding carboxylic acids is 1. The van der Waals surface area contributed by atoms with Crippen LogP contribution in [0.15, 0.2) is 0 Å². The van der Waals surface area contributed by atoms with E-state index in [-0.39, 0.29) is 6.61 Å². The second-order valence-electron chi connectivity index (χ2n) is 1.88. The standard InChI is InChI=1S/C6H11NO5/c1-11-2-3-12-6(10)7-4-5(8)9/h2-4H2,1H3,(H,7,10)(H,8,9). The number of carboxylic acid groups (broad SMARTS) is 1. The molecule has 0 bridgehead atoms. The van der Waals surface area contributed by atoms with Crippen molar-refractivity contribution in [2.75, 3.05) is 26.9 Å². The van der Waals surface area contributed by atoms with E-state index in [2.05, 4.69) is 9.47 Å². The maximum Gasteiger partial charge on any atom is 0.407 e. The van der Waals surface area contributed by atoms with Crippen molar-refractivity contribution in [1.29, 1.82) is 0 Å². The second-order valence-corrected chi connectivity index (χ2v) is 1.88. The van der Waals surface area contributed by atoms with Crippen LogP contribution in [0.1, 0.15) is 0 Å². The molecule has 0 radical (unpaired) electrons. The summed E-state index contributed by atoms with van der Waals surface area (Å²) in [7, 11) is 1.47. The van der Waals surface area contributed by atoms with Crippen LogP contribution in [0.2, 0.25) is 0 Å². The summed E-state index contributed by atoms with van der Waals surface area (Å²) in [6.45, 7) is -0.0335. The number of nitrogens with one attached hydrogen (secondary N) is 1. The fourth-order valence-corrected chi connectivity index (χ4v) is 0.417. The molecule has 0 atom stereocenters. The van der Waals surface area contributed by atoms with E-state index in [4.69, 9.17) is 5.11 Å². The molecule has 6 nitrogen and oxygen atoms in total. The van der Waals surface area contributed by atoms with Crippen molar-refractivity contribution in [3.8, 4) is 0 Å². The van der Waals surface area contributed by atoms with E-state index < -0.39 is 18.6 Å². The molecule has 0 fully saturated rings. The van der Waals surface area contributed by atoms with Crippen molar-refractivity contribution in [2.24, 2.45) is 0 Å². The van der Waals surface area contributed by atoms with Gasteiger partial charge in [0.15, 0.2) is 0 Å². The van der Waals surface area contributed by atoms with Crippen molar-refractivity contribution in [2.45, 2.75) is 0 Å². The highest BCUT2D eigenvalue weighted by Gasteiger charge is 2.02. The van der Waals surface area contributed by atoms with Crippen LogP contribution in [0.25, 0.3) is 0 Å². The Hall–Kier alpha value is -1.30. The van der Waals surface area contributed by atoms with Crippen LogP contribution in [0.4, 0.5) is 4.79 Å². The number of hydrogen-bond donors (Lipinski definition) is 2. The van der Waals surface area contributed by atoms with Crippen molar-refractivity contribution >= 4 is 12.1 Å². The lowest BCUT2D eigenvalue weighted by molar-refractivity contribution is -0.135. The summed E-state index contributed by atoms with van der Waals surface area (Å²) in [6, 6.07) is 0. The lowest BCUT2D eigenvalue weighted by atomic mass is 10.7. The average molecular weight is 177 g/mol. The van der Waals surface area contributed by atoms with E-state index in [9.17, 15) is 9.59 Å². The van der Waals surface area contributed by atoms with E-state index in [0.29, 0.717) is 6.61 Å². The SMILES string of the molecule is COCCOC(=O)NCC(=O)O. The fourth-order valence-electron chi connectivity index (χ4n) is 0.417. The minimum atomic E-state index is -1.11. The van der Waals surface area contributed by atoms with Crippen molar-refractivity contribution < 1.29 is 24.2 Å². The molecule has 0 aliphatic heterocycles. The number of rotatable bonds is 5. The molecular weight excluding hydrogens is 166 g/mol. The first-order valence-electron chi connectivity index (χ1n) is 3.28. The Morgan fingerprint density at radius 2 is 2.08 bits per heavy atom. The molecule has 70 valence electrons. The van der Waals surface area contributed by atoms with Crippen LogP contribution in [-0.2, 0) is 14.3 Å². The summed E-state index contributed by atoms with van der Waals surface area (Å²) in [5.74, 6) is -1.11. The van der Waals surface area contributed by atoms with Crippen LogP contribution < -0.4 is 5.32 Å². The zero-order chi connectivity index (χ0) is 9.40. The highest BCUT2D eigenvalue weighted by Crippen LogP contribution is 1.77. The molecule has 0 aromatic rings. The zero-order valence-corrected chi connectivity index (χ0v) is 6.70. The monoisotopic (exact) mass is 177 g/mol. The molecular formula is C6H11NO5. The van der Waals surface area contributed by atoms with Gasteiger partial charge in [0.1, 0.15) is 13.2 Å². The van der Waals surface area contributed by atoms with Gasteiger partial charge in [-0.3, -0.25) is 4.79 Å². The minimum absolute atomic E-state index is 0.113. The van der Waals surface area contributed by atoms with Gasteiger partial charge in [0.25, 0.3) is 0 Å². The smallest absolute Gasteiger partial charge is 0.407 e. The molecule has 0 unspecified atom stereocenters. The maximum absolute atomic E-state index is 10.6. The van der Waals surface area contributed by atoms with E-state index >= 15 is 0 Å². The van der Waals surface area contributed by atoms with Gasteiger partial charge in [0, 0.05) is 7.11 Å². The maximum atomic E-state index is 10.6. The lowest BCUT2D eigenvalue weighted by Gasteiger charge is -2.03. The quantitative estimate of drug-likeness (QED) is 0.550. The summed E-state index contributed by atoms with van der Waals surface area (Å²) >= 11 is 0. The molecule has 0 saturated carbocycles. The third kappa shape index (κ3) is 6.81. The van der Waals surface area contributed by atoms with Crippen LogP contribution in [0.5, 0.6) is 0 Å². The molecule has 12 heavy (non-hydrogen) atoms. The first kappa shape index (κ1) is 10.7. The normalized spacial score (nSPS) is 9.08. The molecule has 0 rings (SSSR count). The average Bonchev–Trinajstić information content (AvgIpc) is 2.01. The molecule has 0 spiro atoms. The van der Waals surface area contributed by atoms with Crippen LogP contribution in [0.3, 0.4) is 0 Å². The number of aliphatic carboxylic acids is 1. The Morgan fingerprint density at radius 3 is 2.58 bits per heavy atom. The van der Waals surface area contributed by atoms with Crippen molar-refractivity contribution in [1.82, 2.24) is 5.32 Å². The van der Waals surface area contributed by atoms with Gasteiger partial charge in [-0.15, -0.1) is 0 Å². The molecule has 0 aliphatic rings. The zero-order valence-electron chi connectivity index (χ0n) is 6.70. The van der Waals surface area contributed by atoms with Gasteiger partial charge in [-0.25, -0.2) is 4.79 Å². The van der Waals surface area contributed by atoms with Gasteiger partial charge in [-0.05, 0) is 0 Å². The topological polar surface area (TPSA) is 84.9 Å². The van der Waals surface area contributed by atoms with Crippen LogP contribution in [0, 0.1) is 0 Å². The Labute approximate surface area is 69.5 Å². The number of carboxylic acids is 1. The van der Waals surface area contributed by atoms with Crippen LogP contribution >= 0.6 is 0 Å². The number of alkyl carbamates (subject to hydrolysis) is 1. The third-order valence-corrected chi connectivity index (χ3v) is 0.905. The number of methoxy groups -OCH3 is 1. The van der Waals surface area contributed by atoms with E-state index in [0.717, 1.165) is 0 Å². The van der Waals surface area contributed by atoms with Crippen molar-refractivity contribution in [3.05, 3.63) is 0 Å². The van der Waals surface area contributed by atoms with Gasteiger partial charge >= 0.3 is 12.1 Å². The highest BCUT2D eigenvalue weighted by molar-refractivity contribution is 5.76. The summed E-state index contributed by atoms with van der Waals surface area (Å²) in [6.07, 6.45) is -0.755. The number of hydrogen-bond acceptors (Lipinski definition) is 4. The molecule has 0 aromatic heterocycles. The third-order valence-electron chi connectivity index (χ3n) is 0.905.